The van der Waals surface area contributed by atoms with Gasteiger partial charge in [0.25, 0.3) is 5.56 Å². The van der Waals surface area contributed by atoms with Crippen LogP contribution in [0.2, 0.25) is 0 Å². The number of rotatable bonds is 10. The van der Waals surface area contributed by atoms with Crippen molar-refractivity contribution in [1.29, 1.82) is 0 Å². The molecule has 4 rings (SSSR count). The van der Waals surface area contributed by atoms with Gasteiger partial charge in [-0.15, -0.1) is 6.58 Å². The standard InChI is InChI=1S/C25H28N2O7/c1-5-10-19-25(18(28)6-2)21(31-4)20(33-19)23(34-25)26-13-16(3)22(29)27(24(26)30)15-32-14-17-11-8-7-9-12-17/h5-9,11-13,19-21,23H,1-2,10,14-15H2,3-4H3/t19-,20-,21+,23-,25+/m1/s1. The first-order chi connectivity index (χ1) is 16.4. The number of carbonyl (C=O) groups is 1. The minimum atomic E-state index is -1.47. The molecule has 0 amide bonds. The minimum absolute atomic E-state index is 0.234. The first-order valence-corrected chi connectivity index (χ1v) is 11.0. The third kappa shape index (κ3) is 3.80. The van der Waals surface area contributed by atoms with Gasteiger partial charge in [-0.2, -0.15) is 0 Å². The summed E-state index contributed by atoms with van der Waals surface area (Å²) in [5.41, 5.74) is -1.35. The molecule has 1 aromatic carbocycles. The average molecular weight is 469 g/mol. The van der Waals surface area contributed by atoms with Crippen LogP contribution < -0.4 is 11.2 Å². The van der Waals surface area contributed by atoms with E-state index in [9.17, 15) is 14.4 Å². The molecule has 2 aliphatic rings. The molecule has 180 valence electrons. The van der Waals surface area contributed by atoms with Gasteiger partial charge in [-0.3, -0.25) is 14.2 Å². The lowest BCUT2D eigenvalue weighted by Crippen LogP contribution is -2.54. The van der Waals surface area contributed by atoms with E-state index in [1.807, 2.05) is 30.3 Å². The topological polar surface area (TPSA) is 98.0 Å². The number of carbonyl (C=O) groups excluding carboxylic acids is 1. The number of ketones is 1. The molecule has 0 radical (unpaired) electrons. The first-order valence-electron chi connectivity index (χ1n) is 11.0. The van der Waals surface area contributed by atoms with Gasteiger partial charge in [0.15, 0.2) is 17.6 Å². The fraction of sp³-hybridized carbons (Fsp3) is 0.400. The van der Waals surface area contributed by atoms with Gasteiger partial charge in [-0.1, -0.05) is 43.0 Å². The molecule has 0 aliphatic carbocycles. The summed E-state index contributed by atoms with van der Waals surface area (Å²) < 4.78 is 25.9. The van der Waals surface area contributed by atoms with E-state index >= 15 is 0 Å². The Hall–Kier alpha value is -3.11. The van der Waals surface area contributed by atoms with E-state index in [1.54, 1.807) is 13.0 Å². The molecule has 9 nitrogen and oxygen atoms in total. The molecule has 5 atom stereocenters. The van der Waals surface area contributed by atoms with Crippen LogP contribution in [-0.2, 0) is 37.1 Å². The Morgan fingerprint density at radius 1 is 1.24 bits per heavy atom. The molecule has 0 N–H and O–H groups in total. The van der Waals surface area contributed by atoms with Crippen LogP contribution in [0.3, 0.4) is 0 Å². The summed E-state index contributed by atoms with van der Waals surface area (Å²) >= 11 is 0. The maximum atomic E-state index is 13.3. The fourth-order valence-corrected chi connectivity index (χ4v) is 4.72. The number of nitrogens with zero attached hydrogens (tertiary/aromatic N) is 2. The van der Waals surface area contributed by atoms with Crippen molar-refractivity contribution in [3.05, 3.63) is 93.8 Å². The lowest BCUT2D eigenvalue weighted by atomic mass is 9.86. The van der Waals surface area contributed by atoms with Crippen LogP contribution in [-0.4, -0.2) is 45.9 Å². The Labute approximate surface area is 196 Å². The van der Waals surface area contributed by atoms with E-state index in [-0.39, 0.29) is 13.3 Å². The maximum Gasteiger partial charge on any atom is 0.335 e. The summed E-state index contributed by atoms with van der Waals surface area (Å²) in [7, 11) is 1.46. The number of fused-ring (bicyclic) bond motifs is 2. The zero-order valence-electron chi connectivity index (χ0n) is 19.2. The monoisotopic (exact) mass is 468 g/mol. The van der Waals surface area contributed by atoms with Gasteiger partial charge < -0.3 is 18.9 Å². The molecule has 0 saturated carbocycles. The highest BCUT2D eigenvalue weighted by Crippen LogP contribution is 2.51. The van der Waals surface area contributed by atoms with Crippen LogP contribution in [0, 0.1) is 6.92 Å². The van der Waals surface area contributed by atoms with Crippen molar-refractivity contribution >= 4 is 5.78 Å². The summed E-state index contributed by atoms with van der Waals surface area (Å²) in [5.74, 6) is -0.402. The molecule has 34 heavy (non-hydrogen) atoms. The molecule has 1 aromatic heterocycles. The Morgan fingerprint density at radius 2 is 1.97 bits per heavy atom. The predicted molar refractivity (Wildman–Crippen MR) is 123 cm³/mol. The fourth-order valence-electron chi connectivity index (χ4n) is 4.72. The van der Waals surface area contributed by atoms with Gasteiger partial charge in [0, 0.05) is 18.9 Å². The van der Waals surface area contributed by atoms with E-state index in [1.165, 1.54) is 23.9 Å². The number of ether oxygens (including phenoxy) is 4. The molecule has 9 heteroatoms. The molecule has 0 unspecified atom stereocenters. The van der Waals surface area contributed by atoms with Crippen LogP contribution >= 0.6 is 0 Å². The Bertz CT molecular complexity index is 1200. The summed E-state index contributed by atoms with van der Waals surface area (Å²) in [6, 6.07) is 9.42. The normalized spacial score (nSPS) is 27.6. The summed E-state index contributed by atoms with van der Waals surface area (Å²) in [5, 5.41) is 0. The molecular formula is C25H28N2O7. The van der Waals surface area contributed by atoms with E-state index < -0.39 is 47.2 Å². The van der Waals surface area contributed by atoms with Crippen molar-refractivity contribution < 1.29 is 23.7 Å². The number of aryl methyl sites for hydroxylation is 1. The zero-order chi connectivity index (χ0) is 24.5. The summed E-state index contributed by atoms with van der Waals surface area (Å²) in [4.78, 5) is 39.0. The largest absolute Gasteiger partial charge is 0.375 e. The smallest absolute Gasteiger partial charge is 0.335 e. The highest BCUT2D eigenvalue weighted by molar-refractivity contribution is 5.98. The van der Waals surface area contributed by atoms with Crippen LogP contribution in [0.1, 0.15) is 23.8 Å². The summed E-state index contributed by atoms with van der Waals surface area (Å²) in [6.45, 7) is 8.92. The molecule has 3 heterocycles. The molecule has 2 aromatic rings. The van der Waals surface area contributed by atoms with Gasteiger partial charge in [0.1, 0.15) is 25.0 Å². The van der Waals surface area contributed by atoms with Crippen molar-refractivity contribution in [3.63, 3.8) is 0 Å². The second-order valence-electron chi connectivity index (χ2n) is 8.34. The molecule has 0 spiro atoms. The third-order valence-corrected chi connectivity index (χ3v) is 6.30. The van der Waals surface area contributed by atoms with E-state index in [0.29, 0.717) is 12.0 Å². The summed E-state index contributed by atoms with van der Waals surface area (Å²) in [6.07, 6.45) is 1.41. The third-order valence-electron chi connectivity index (χ3n) is 6.30. The van der Waals surface area contributed by atoms with Gasteiger partial charge in [-0.25, -0.2) is 9.36 Å². The van der Waals surface area contributed by atoms with Crippen molar-refractivity contribution in [2.45, 2.75) is 56.8 Å². The van der Waals surface area contributed by atoms with Crippen LogP contribution in [0.25, 0.3) is 0 Å². The molecular weight excluding hydrogens is 440 g/mol. The van der Waals surface area contributed by atoms with E-state index in [2.05, 4.69) is 13.2 Å². The second kappa shape index (κ2) is 9.63. The van der Waals surface area contributed by atoms with Crippen molar-refractivity contribution in [1.82, 2.24) is 9.13 Å². The Kier molecular flexibility index (Phi) is 6.81. The Balaban J connectivity index is 1.68. The number of hydrogen-bond donors (Lipinski definition) is 0. The van der Waals surface area contributed by atoms with Crippen molar-refractivity contribution in [2.75, 3.05) is 7.11 Å². The highest BCUT2D eigenvalue weighted by atomic mass is 16.7. The predicted octanol–water partition coefficient (Wildman–Crippen LogP) is 1.87. The zero-order valence-corrected chi connectivity index (χ0v) is 19.2. The molecule has 2 saturated heterocycles. The molecule has 2 fully saturated rings. The first kappa shape index (κ1) is 24.0. The lowest BCUT2D eigenvalue weighted by Gasteiger charge is -2.36. The van der Waals surface area contributed by atoms with Gasteiger partial charge in [-0.05, 0) is 25.0 Å². The SMILES string of the molecule is C=CC[C@H]1O[C@H]2[C@H](n3cc(C)c(=O)n(COCc4ccccc4)c3=O)O[C@]1(C(=O)C=C)[C@H]2OC. The van der Waals surface area contributed by atoms with Crippen molar-refractivity contribution in [3.8, 4) is 0 Å². The highest BCUT2D eigenvalue weighted by Gasteiger charge is 2.70. The quantitative estimate of drug-likeness (QED) is 0.388. The van der Waals surface area contributed by atoms with Crippen LogP contribution in [0.15, 0.2) is 71.4 Å². The number of aromatic nitrogens is 2. The number of benzene rings is 1. The minimum Gasteiger partial charge on any atom is -0.375 e. The van der Waals surface area contributed by atoms with Gasteiger partial charge >= 0.3 is 5.69 Å². The number of methoxy groups -OCH3 is 1. The lowest BCUT2D eigenvalue weighted by molar-refractivity contribution is -0.208. The van der Waals surface area contributed by atoms with Crippen LogP contribution in [0.5, 0.6) is 0 Å². The molecule has 2 bridgehead atoms. The molecule has 2 aliphatic heterocycles. The Morgan fingerprint density at radius 3 is 2.62 bits per heavy atom. The maximum absolute atomic E-state index is 13.3. The second-order valence-corrected chi connectivity index (χ2v) is 8.34. The van der Waals surface area contributed by atoms with E-state index in [0.717, 1.165) is 10.1 Å². The van der Waals surface area contributed by atoms with Gasteiger partial charge in [0.2, 0.25) is 0 Å². The van der Waals surface area contributed by atoms with E-state index in [4.69, 9.17) is 18.9 Å². The van der Waals surface area contributed by atoms with Crippen LogP contribution in [0.4, 0.5) is 0 Å². The number of hydrogen-bond acceptors (Lipinski definition) is 7. The van der Waals surface area contributed by atoms with Gasteiger partial charge in [0.05, 0.1) is 6.61 Å². The van der Waals surface area contributed by atoms with Crippen molar-refractivity contribution in [2.24, 2.45) is 0 Å². The average Bonchev–Trinajstić information content (AvgIpc) is 3.34.